The van der Waals surface area contributed by atoms with Crippen LogP contribution in [0.1, 0.15) is 20.7 Å². The van der Waals surface area contributed by atoms with Crippen LogP contribution in [0.3, 0.4) is 0 Å². The van der Waals surface area contributed by atoms with E-state index >= 15 is 0 Å². The highest BCUT2D eigenvalue weighted by molar-refractivity contribution is 7.14. The zero-order valence-electron chi connectivity index (χ0n) is 10.2. The van der Waals surface area contributed by atoms with Crippen molar-refractivity contribution in [2.24, 2.45) is 5.73 Å². The quantitative estimate of drug-likeness (QED) is 0.897. The first-order chi connectivity index (χ1) is 9.11. The highest BCUT2D eigenvalue weighted by Gasteiger charge is 2.13. The normalized spacial score (nSPS) is 9.95. The van der Waals surface area contributed by atoms with Gasteiger partial charge in [0.25, 0.3) is 11.8 Å². The number of carbonyl (C=O) groups is 2. The van der Waals surface area contributed by atoms with Crippen LogP contribution in [0, 0.1) is 0 Å². The summed E-state index contributed by atoms with van der Waals surface area (Å²) in [5.74, 6) is -0.292. The molecule has 1 aromatic carbocycles. The molecule has 0 saturated carbocycles. The van der Waals surface area contributed by atoms with Gasteiger partial charge in [-0.15, -0.1) is 11.3 Å². The van der Waals surface area contributed by atoms with Crippen LogP contribution >= 0.6 is 11.3 Å². The Balaban J connectivity index is 2.20. The lowest BCUT2D eigenvalue weighted by Gasteiger charge is -2.06. The number of carbonyl (C=O) groups excluding carboxylic acids is 2. The van der Waals surface area contributed by atoms with Crippen molar-refractivity contribution in [1.29, 1.82) is 0 Å². The Hall–Kier alpha value is -2.34. The molecule has 98 valence electrons. The van der Waals surface area contributed by atoms with Crippen LogP contribution in [0.5, 0.6) is 5.75 Å². The molecule has 0 fully saturated rings. The summed E-state index contributed by atoms with van der Waals surface area (Å²) < 4.78 is 5.05. The molecule has 0 atom stereocenters. The number of nitrogens with one attached hydrogen (secondary N) is 1. The maximum absolute atomic E-state index is 12.0. The van der Waals surface area contributed by atoms with E-state index in [-0.39, 0.29) is 5.91 Å². The van der Waals surface area contributed by atoms with E-state index in [9.17, 15) is 9.59 Å². The number of thiophene rings is 1. The maximum atomic E-state index is 12.0. The summed E-state index contributed by atoms with van der Waals surface area (Å²) in [6.07, 6.45) is 0. The topological polar surface area (TPSA) is 81.4 Å². The van der Waals surface area contributed by atoms with Crippen LogP contribution in [0.15, 0.2) is 35.7 Å². The molecule has 2 amide bonds. The van der Waals surface area contributed by atoms with Gasteiger partial charge in [-0.2, -0.15) is 0 Å². The minimum Gasteiger partial charge on any atom is -0.497 e. The Morgan fingerprint density at radius 2 is 2.11 bits per heavy atom. The van der Waals surface area contributed by atoms with Crippen molar-refractivity contribution in [3.05, 3.63) is 46.8 Å². The van der Waals surface area contributed by atoms with E-state index in [0.717, 1.165) is 0 Å². The molecule has 0 spiro atoms. The van der Waals surface area contributed by atoms with Crippen molar-refractivity contribution in [1.82, 2.24) is 0 Å². The van der Waals surface area contributed by atoms with Crippen molar-refractivity contribution in [2.75, 3.05) is 12.4 Å². The number of amides is 2. The molecule has 0 aliphatic rings. The third kappa shape index (κ3) is 2.92. The second-order valence-corrected chi connectivity index (χ2v) is 4.63. The van der Waals surface area contributed by atoms with Crippen LogP contribution in [-0.2, 0) is 0 Å². The molecule has 0 saturated heterocycles. The molecule has 2 aromatic rings. The van der Waals surface area contributed by atoms with Crippen LogP contribution in [0.2, 0.25) is 0 Å². The first-order valence-corrected chi connectivity index (χ1v) is 6.32. The molecule has 6 heteroatoms. The summed E-state index contributed by atoms with van der Waals surface area (Å²) in [5.41, 5.74) is 5.97. The van der Waals surface area contributed by atoms with Gasteiger partial charge in [0.1, 0.15) is 10.8 Å². The van der Waals surface area contributed by atoms with Crippen molar-refractivity contribution in [3.63, 3.8) is 0 Å². The smallest absolute Gasteiger partial charge is 0.256 e. The summed E-state index contributed by atoms with van der Waals surface area (Å²) in [6.45, 7) is 0. The van der Waals surface area contributed by atoms with Gasteiger partial charge in [0.15, 0.2) is 0 Å². The Bertz CT molecular complexity index is 622. The lowest BCUT2D eigenvalue weighted by Crippen LogP contribution is -2.16. The number of ether oxygens (including phenoxy) is 1. The van der Waals surface area contributed by atoms with E-state index in [1.54, 1.807) is 35.7 Å². The zero-order chi connectivity index (χ0) is 13.8. The van der Waals surface area contributed by atoms with Gasteiger partial charge in [0, 0.05) is 5.56 Å². The maximum Gasteiger partial charge on any atom is 0.256 e. The second kappa shape index (κ2) is 5.53. The number of hydrogen-bond donors (Lipinski definition) is 2. The fraction of sp³-hybridized carbons (Fsp3) is 0.0769. The van der Waals surface area contributed by atoms with Crippen LogP contribution < -0.4 is 15.8 Å². The van der Waals surface area contributed by atoms with E-state index < -0.39 is 5.91 Å². The van der Waals surface area contributed by atoms with Gasteiger partial charge in [0.2, 0.25) is 0 Å². The van der Waals surface area contributed by atoms with Crippen LogP contribution in [0.25, 0.3) is 0 Å². The molecule has 19 heavy (non-hydrogen) atoms. The van der Waals surface area contributed by atoms with Crippen molar-refractivity contribution in [3.8, 4) is 5.75 Å². The number of primary amides is 1. The van der Waals surface area contributed by atoms with E-state index in [1.165, 1.54) is 18.4 Å². The molecule has 1 aromatic heterocycles. The van der Waals surface area contributed by atoms with Crippen molar-refractivity contribution < 1.29 is 14.3 Å². The summed E-state index contributed by atoms with van der Waals surface area (Å²) >= 11 is 1.25. The van der Waals surface area contributed by atoms with E-state index in [0.29, 0.717) is 21.9 Å². The second-order valence-electron chi connectivity index (χ2n) is 3.71. The first kappa shape index (κ1) is 13.1. The van der Waals surface area contributed by atoms with Crippen LogP contribution in [-0.4, -0.2) is 18.9 Å². The number of benzene rings is 1. The van der Waals surface area contributed by atoms with Gasteiger partial charge in [-0.1, -0.05) is 6.07 Å². The summed E-state index contributed by atoms with van der Waals surface area (Å²) in [7, 11) is 1.53. The Kier molecular flexibility index (Phi) is 3.82. The molecule has 5 nitrogen and oxygen atoms in total. The number of rotatable bonds is 4. The molecule has 2 rings (SSSR count). The molecule has 3 N–H and O–H groups in total. The van der Waals surface area contributed by atoms with E-state index in [2.05, 4.69) is 5.32 Å². The van der Waals surface area contributed by atoms with Gasteiger partial charge in [0.05, 0.1) is 12.7 Å². The van der Waals surface area contributed by atoms with E-state index in [4.69, 9.17) is 10.5 Å². The largest absolute Gasteiger partial charge is 0.497 e. The third-order valence-electron chi connectivity index (χ3n) is 2.49. The SMILES string of the molecule is COc1cccc(C(=O)Nc2sccc2C(N)=O)c1. The molecule has 0 aliphatic carbocycles. The molecule has 0 aliphatic heterocycles. The highest BCUT2D eigenvalue weighted by Crippen LogP contribution is 2.23. The molecule has 1 heterocycles. The Morgan fingerprint density at radius 1 is 1.32 bits per heavy atom. The predicted molar refractivity (Wildman–Crippen MR) is 73.8 cm³/mol. The average molecular weight is 276 g/mol. The fourth-order valence-corrected chi connectivity index (χ4v) is 2.33. The number of nitrogens with two attached hydrogens (primary N) is 1. The van der Waals surface area contributed by atoms with Gasteiger partial charge < -0.3 is 15.8 Å². The average Bonchev–Trinajstić information content (AvgIpc) is 2.87. The Morgan fingerprint density at radius 3 is 2.79 bits per heavy atom. The fourth-order valence-electron chi connectivity index (χ4n) is 1.54. The van der Waals surface area contributed by atoms with Gasteiger partial charge in [-0.25, -0.2) is 0 Å². The lowest BCUT2D eigenvalue weighted by atomic mass is 10.2. The lowest BCUT2D eigenvalue weighted by molar-refractivity contribution is 0.100. The standard InChI is InChI=1S/C13H12N2O3S/c1-18-9-4-2-3-8(7-9)12(17)15-13-10(11(14)16)5-6-19-13/h2-7H,1H3,(H2,14,16)(H,15,17). The molecular weight excluding hydrogens is 264 g/mol. The molecule has 0 unspecified atom stereocenters. The van der Waals surface area contributed by atoms with Gasteiger partial charge >= 0.3 is 0 Å². The molecular formula is C13H12N2O3S. The third-order valence-corrected chi connectivity index (χ3v) is 3.32. The Labute approximate surface area is 114 Å². The van der Waals surface area contributed by atoms with Gasteiger partial charge in [-0.3, -0.25) is 9.59 Å². The predicted octanol–water partition coefficient (Wildman–Crippen LogP) is 2.11. The number of methoxy groups -OCH3 is 1. The number of hydrogen-bond acceptors (Lipinski definition) is 4. The molecule has 0 radical (unpaired) electrons. The first-order valence-electron chi connectivity index (χ1n) is 5.44. The zero-order valence-corrected chi connectivity index (χ0v) is 11.0. The minimum absolute atomic E-state index is 0.307. The number of anilines is 1. The summed E-state index contributed by atoms with van der Waals surface area (Å²) in [4.78, 5) is 23.2. The summed E-state index contributed by atoms with van der Waals surface area (Å²) in [5, 5.41) is 4.80. The highest BCUT2D eigenvalue weighted by atomic mass is 32.1. The minimum atomic E-state index is -0.567. The van der Waals surface area contributed by atoms with Gasteiger partial charge in [-0.05, 0) is 29.6 Å². The summed E-state index contributed by atoms with van der Waals surface area (Å²) in [6, 6.07) is 8.32. The molecule has 0 bridgehead atoms. The van der Waals surface area contributed by atoms with Crippen molar-refractivity contribution >= 4 is 28.2 Å². The van der Waals surface area contributed by atoms with Crippen molar-refractivity contribution in [2.45, 2.75) is 0 Å². The van der Waals surface area contributed by atoms with Crippen LogP contribution in [0.4, 0.5) is 5.00 Å². The monoisotopic (exact) mass is 276 g/mol. The van der Waals surface area contributed by atoms with E-state index in [1.807, 2.05) is 0 Å².